The predicted molar refractivity (Wildman–Crippen MR) is 77.3 cm³/mol. The van der Waals surface area contributed by atoms with Gasteiger partial charge in [0.15, 0.2) is 0 Å². The summed E-state index contributed by atoms with van der Waals surface area (Å²) in [6.45, 7) is 4.10. The Morgan fingerprint density at radius 3 is 2.84 bits per heavy atom. The number of hydrogen-bond donors (Lipinski definition) is 3. The van der Waals surface area contributed by atoms with E-state index in [1.807, 2.05) is 6.92 Å². The monoisotopic (exact) mass is 333 g/mol. The molecule has 1 unspecified atom stereocenters. The summed E-state index contributed by atoms with van der Waals surface area (Å²) in [5, 5.41) is 25.8. The van der Waals surface area contributed by atoms with E-state index in [1.165, 1.54) is 10.9 Å². The predicted octanol–water partition coefficient (Wildman–Crippen LogP) is 0.961. The summed E-state index contributed by atoms with van der Waals surface area (Å²) >= 11 is 3.21. The van der Waals surface area contributed by atoms with Gasteiger partial charge >= 0.3 is 0 Å². The average molecular weight is 334 g/mol. The van der Waals surface area contributed by atoms with Gasteiger partial charge in [-0.25, -0.2) is 4.68 Å². The molecule has 0 aromatic carbocycles. The highest BCUT2D eigenvalue weighted by atomic mass is 79.9. The van der Waals surface area contributed by atoms with Crippen molar-refractivity contribution in [3.8, 4) is 0 Å². The van der Waals surface area contributed by atoms with Crippen LogP contribution in [0.5, 0.6) is 0 Å². The van der Waals surface area contributed by atoms with Gasteiger partial charge in [-0.1, -0.05) is 13.3 Å². The summed E-state index contributed by atoms with van der Waals surface area (Å²) in [6, 6.07) is 0. The van der Waals surface area contributed by atoms with Gasteiger partial charge in [0, 0.05) is 6.54 Å². The number of anilines is 1. The van der Waals surface area contributed by atoms with Crippen LogP contribution in [0.3, 0.4) is 0 Å². The van der Waals surface area contributed by atoms with Gasteiger partial charge in [-0.05, 0) is 29.3 Å². The van der Waals surface area contributed by atoms with E-state index < -0.39 is 5.60 Å². The molecule has 108 valence electrons. The van der Waals surface area contributed by atoms with E-state index in [1.54, 1.807) is 6.92 Å². The second kappa shape index (κ2) is 7.02. The number of hydrogen-bond acceptors (Lipinski definition) is 5. The van der Waals surface area contributed by atoms with Crippen molar-refractivity contribution in [1.82, 2.24) is 9.78 Å². The lowest BCUT2D eigenvalue weighted by atomic mass is 10.0. The summed E-state index contributed by atoms with van der Waals surface area (Å²) in [7, 11) is 0. The van der Waals surface area contributed by atoms with Crippen LogP contribution in [0.1, 0.15) is 26.7 Å². The maximum atomic E-state index is 11.9. The fourth-order valence-electron chi connectivity index (χ4n) is 1.75. The molecule has 1 aromatic heterocycles. The molecule has 1 heterocycles. The van der Waals surface area contributed by atoms with E-state index in [2.05, 4.69) is 26.3 Å². The molecule has 0 bridgehead atoms. The number of aromatic nitrogens is 2. The molecule has 0 fully saturated rings. The average Bonchev–Trinajstić information content (AvgIpc) is 2.34. The van der Waals surface area contributed by atoms with Crippen LogP contribution >= 0.6 is 15.9 Å². The standard InChI is InChI=1S/C12H20BrN3O3/c1-3-4-12(2,19)8-14-9-7-15-16(5-6-17)11(18)10(9)13/h7,14,17,19H,3-6,8H2,1-2H3. The van der Waals surface area contributed by atoms with E-state index in [-0.39, 0.29) is 18.7 Å². The summed E-state index contributed by atoms with van der Waals surface area (Å²) < 4.78 is 1.53. The number of aliphatic hydroxyl groups excluding tert-OH is 1. The molecule has 1 rings (SSSR count). The maximum Gasteiger partial charge on any atom is 0.283 e. The Labute approximate surface area is 120 Å². The topological polar surface area (TPSA) is 87.4 Å². The van der Waals surface area contributed by atoms with Crippen molar-refractivity contribution in [2.75, 3.05) is 18.5 Å². The molecule has 0 radical (unpaired) electrons. The lowest BCUT2D eigenvalue weighted by molar-refractivity contribution is 0.0636. The molecule has 0 saturated carbocycles. The van der Waals surface area contributed by atoms with E-state index >= 15 is 0 Å². The molecule has 6 nitrogen and oxygen atoms in total. The third-order valence-corrected chi connectivity index (χ3v) is 3.51. The van der Waals surface area contributed by atoms with Gasteiger partial charge in [-0.3, -0.25) is 4.79 Å². The summed E-state index contributed by atoms with van der Waals surface area (Å²) in [6.07, 6.45) is 3.06. The molecule has 1 aromatic rings. The lowest BCUT2D eigenvalue weighted by Gasteiger charge is -2.23. The summed E-state index contributed by atoms with van der Waals surface area (Å²) in [5.41, 5.74) is -0.599. The first-order chi connectivity index (χ1) is 8.91. The summed E-state index contributed by atoms with van der Waals surface area (Å²) in [4.78, 5) is 11.9. The number of nitrogens with zero attached hydrogens (tertiary/aromatic N) is 2. The first kappa shape index (κ1) is 16.1. The van der Waals surface area contributed by atoms with Crippen molar-refractivity contribution in [2.45, 2.75) is 38.8 Å². The first-order valence-corrected chi connectivity index (χ1v) is 7.03. The Kier molecular flexibility index (Phi) is 5.96. The van der Waals surface area contributed by atoms with E-state index in [0.717, 1.165) is 6.42 Å². The van der Waals surface area contributed by atoms with E-state index in [9.17, 15) is 9.90 Å². The number of rotatable bonds is 7. The Morgan fingerprint density at radius 1 is 1.58 bits per heavy atom. The maximum absolute atomic E-state index is 11.9. The molecule has 3 N–H and O–H groups in total. The van der Waals surface area contributed by atoms with Crippen molar-refractivity contribution in [3.63, 3.8) is 0 Å². The van der Waals surface area contributed by atoms with Crippen LogP contribution in [0.4, 0.5) is 5.69 Å². The zero-order valence-corrected chi connectivity index (χ0v) is 12.8. The second-order valence-corrected chi connectivity index (χ2v) is 5.52. The van der Waals surface area contributed by atoms with Crippen LogP contribution in [-0.2, 0) is 6.54 Å². The first-order valence-electron chi connectivity index (χ1n) is 6.24. The Balaban J connectivity index is 2.81. The zero-order chi connectivity index (χ0) is 14.5. The molecule has 19 heavy (non-hydrogen) atoms. The number of aliphatic hydroxyl groups is 2. The van der Waals surface area contributed by atoms with E-state index in [4.69, 9.17) is 5.11 Å². The van der Waals surface area contributed by atoms with Crippen molar-refractivity contribution >= 4 is 21.6 Å². The minimum atomic E-state index is -0.825. The molecule has 0 aliphatic carbocycles. The van der Waals surface area contributed by atoms with Gasteiger partial charge in [-0.15, -0.1) is 0 Å². The van der Waals surface area contributed by atoms with Crippen molar-refractivity contribution < 1.29 is 10.2 Å². The Bertz CT molecular complexity index is 474. The molecule has 0 amide bonds. The van der Waals surface area contributed by atoms with Crippen molar-refractivity contribution in [3.05, 3.63) is 21.0 Å². The highest BCUT2D eigenvalue weighted by Crippen LogP contribution is 2.19. The SMILES string of the molecule is CCCC(C)(O)CNc1cnn(CCO)c(=O)c1Br. The normalized spacial score (nSPS) is 14.2. The molecule has 0 saturated heterocycles. The summed E-state index contributed by atoms with van der Waals surface area (Å²) in [5.74, 6) is 0. The van der Waals surface area contributed by atoms with Crippen LogP contribution in [0.25, 0.3) is 0 Å². The Morgan fingerprint density at radius 2 is 2.26 bits per heavy atom. The van der Waals surface area contributed by atoms with Crippen LogP contribution in [-0.4, -0.2) is 38.7 Å². The van der Waals surface area contributed by atoms with Crippen molar-refractivity contribution in [1.29, 1.82) is 0 Å². The minimum Gasteiger partial charge on any atom is -0.394 e. The number of nitrogens with one attached hydrogen (secondary N) is 1. The third-order valence-electron chi connectivity index (χ3n) is 2.74. The van der Waals surface area contributed by atoms with Crippen molar-refractivity contribution in [2.24, 2.45) is 0 Å². The lowest BCUT2D eigenvalue weighted by Crippen LogP contribution is -2.34. The smallest absolute Gasteiger partial charge is 0.283 e. The Hall–Kier alpha value is -0.920. The van der Waals surface area contributed by atoms with Gasteiger partial charge in [0.25, 0.3) is 5.56 Å². The molecule has 7 heteroatoms. The highest BCUT2D eigenvalue weighted by Gasteiger charge is 2.19. The second-order valence-electron chi connectivity index (χ2n) is 4.72. The number of halogens is 1. The largest absolute Gasteiger partial charge is 0.394 e. The molecule has 0 spiro atoms. The van der Waals surface area contributed by atoms with Gasteiger partial charge in [0.05, 0.1) is 30.6 Å². The van der Waals surface area contributed by atoms with E-state index in [0.29, 0.717) is 23.1 Å². The fourth-order valence-corrected chi connectivity index (χ4v) is 2.20. The molecule has 0 aliphatic rings. The fraction of sp³-hybridized carbons (Fsp3) is 0.667. The highest BCUT2D eigenvalue weighted by molar-refractivity contribution is 9.10. The molecular weight excluding hydrogens is 314 g/mol. The van der Waals surface area contributed by atoms with Gasteiger partial charge in [0.2, 0.25) is 0 Å². The molecular formula is C12H20BrN3O3. The zero-order valence-electron chi connectivity index (χ0n) is 11.2. The quantitative estimate of drug-likeness (QED) is 0.691. The van der Waals surface area contributed by atoms with Crippen LogP contribution in [0.2, 0.25) is 0 Å². The van der Waals surface area contributed by atoms with Gasteiger partial charge < -0.3 is 15.5 Å². The van der Waals surface area contributed by atoms with Gasteiger partial charge in [0.1, 0.15) is 4.47 Å². The minimum absolute atomic E-state index is 0.142. The molecule has 0 aliphatic heterocycles. The van der Waals surface area contributed by atoms with Crippen LogP contribution in [0, 0.1) is 0 Å². The molecule has 1 atom stereocenters. The third kappa shape index (κ3) is 4.59. The van der Waals surface area contributed by atoms with Gasteiger partial charge in [-0.2, -0.15) is 5.10 Å². The van der Waals surface area contributed by atoms with Crippen LogP contribution in [0.15, 0.2) is 15.5 Å². The van der Waals surface area contributed by atoms with Crippen LogP contribution < -0.4 is 10.9 Å².